The molecule has 15 heavy (non-hydrogen) atoms. The standard InChI is InChI=1S/C12H20N2O/c1-11(2)14(7-4-8-15)10-12-5-3-6-13-9-12/h3,5-6,9,11,15H,4,7-8,10H2,1-2H3. The summed E-state index contributed by atoms with van der Waals surface area (Å²) in [4.78, 5) is 6.44. The molecule has 0 aliphatic rings. The van der Waals surface area contributed by atoms with Gasteiger partial charge in [0.2, 0.25) is 0 Å². The molecule has 84 valence electrons. The van der Waals surface area contributed by atoms with Gasteiger partial charge in [0, 0.05) is 38.1 Å². The van der Waals surface area contributed by atoms with Crippen LogP contribution in [0, 0.1) is 0 Å². The van der Waals surface area contributed by atoms with Crippen molar-refractivity contribution in [2.75, 3.05) is 13.2 Å². The van der Waals surface area contributed by atoms with Gasteiger partial charge in [-0.2, -0.15) is 0 Å². The van der Waals surface area contributed by atoms with E-state index in [1.54, 1.807) is 6.20 Å². The molecule has 0 aliphatic heterocycles. The number of hydrogen-bond donors (Lipinski definition) is 1. The zero-order chi connectivity index (χ0) is 11.1. The summed E-state index contributed by atoms with van der Waals surface area (Å²) in [7, 11) is 0. The first-order valence-corrected chi connectivity index (χ1v) is 5.48. The molecule has 1 rings (SSSR count). The lowest BCUT2D eigenvalue weighted by molar-refractivity contribution is 0.184. The highest BCUT2D eigenvalue weighted by molar-refractivity contribution is 5.08. The summed E-state index contributed by atoms with van der Waals surface area (Å²) >= 11 is 0. The van der Waals surface area contributed by atoms with Crippen LogP contribution in [0.3, 0.4) is 0 Å². The maximum atomic E-state index is 8.82. The van der Waals surface area contributed by atoms with E-state index >= 15 is 0 Å². The van der Waals surface area contributed by atoms with Crippen LogP contribution >= 0.6 is 0 Å². The van der Waals surface area contributed by atoms with E-state index in [4.69, 9.17) is 5.11 Å². The molecule has 0 aromatic carbocycles. The van der Waals surface area contributed by atoms with Gasteiger partial charge in [-0.25, -0.2) is 0 Å². The minimum atomic E-state index is 0.260. The summed E-state index contributed by atoms with van der Waals surface area (Å²) in [5.74, 6) is 0. The van der Waals surface area contributed by atoms with Crippen molar-refractivity contribution in [2.24, 2.45) is 0 Å². The molecule has 3 heteroatoms. The van der Waals surface area contributed by atoms with E-state index < -0.39 is 0 Å². The van der Waals surface area contributed by atoms with Crippen molar-refractivity contribution in [1.82, 2.24) is 9.88 Å². The Kier molecular flexibility index (Phi) is 5.29. The molecule has 0 saturated carbocycles. The largest absolute Gasteiger partial charge is 0.396 e. The average Bonchev–Trinajstić information content (AvgIpc) is 2.25. The Bertz CT molecular complexity index is 262. The molecule has 1 aromatic heterocycles. The molecule has 1 N–H and O–H groups in total. The maximum Gasteiger partial charge on any atom is 0.0443 e. The number of pyridine rings is 1. The van der Waals surface area contributed by atoms with Crippen molar-refractivity contribution >= 4 is 0 Å². The summed E-state index contributed by atoms with van der Waals surface area (Å²) in [6, 6.07) is 4.54. The fourth-order valence-electron chi connectivity index (χ4n) is 1.52. The molecular weight excluding hydrogens is 188 g/mol. The number of aliphatic hydroxyl groups is 1. The first-order valence-electron chi connectivity index (χ1n) is 5.48. The lowest BCUT2D eigenvalue weighted by Gasteiger charge is -2.26. The molecule has 0 amide bonds. The van der Waals surface area contributed by atoms with Crippen LogP contribution in [-0.2, 0) is 6.54 Å². The second-order valence-corrected chi connectivity index (χ2v) is 4.00. The van der Waals surface area contributed by atoms with Crippen molar-refractivity contribution in [3.05, 3.63) is 30.1 Å². The highest BCUT2D eigenvalue weighted by Gasteiger charge is 2.09. The molecule has 0 radical (unpaired) electrons. The van der Waals surface area contributed by atoms with E-state index in [1.807, 2.05) is 12.3 Å². The summed E-state index contributed by atoms with van der Waals surface area (Å²) in [5.41, 5.74) is 1.23. The van der Waals surface area contributed by atoms with Gasteiger partial charge >= 0.3 is 0 Å². The van der Waals surface area contributed by atoms with Crippen LogP contribution in [0.5, 0.6) is 0 Å². The van der Waals surface area contributed by atoms with E-state index in [1.165, 1.54) is 5.56 Å². The predicted molar refractivity (Wildman–Crippen MR) is 61.5 cm³/mol. The van der Waals surface area contributed by atoms with Crippen LogP contribution in [0.15, 0.2) is 24.5 Å². The fraction of sp³-hybridized carbons (Fsp3) is 0.583. The van der Waals surface area contributed by atoms with Gasteiger partial charge in [-0.3, -0.25) is 9.88 Å². The Labute approximate surface area is 91.8 Å². The Hall–Kier alpha value is -0.930. The number of aliphatic hydroxyl groups excluding tert-OH is 1. The van der Waals surface area contributed by atoms with Crippen molar-refractivity contribution < 1.29 is 5.11 Å². The molecule has 0 fully saturated rings. The molecular formula is C12H20N2O. The quantitative estimate of drug-likeness (QED) is 0.772. The Morgan fingerprint density at radius 3 is 2.80 bits per heavy atom. The SMILES string of the molecule is CC(C)N(CCCO)Cc1cccnc1. The van der Waals surface area contributed by atoms with E-state index in [0.29, 0.717) is 6.04 Å². The van der Waals surface area contributed by atoms with Gasteiger partial charge in [-0.15, -0.1) is 0 Å². The fourth-order valence-corrected chi connectivity index (χ4v) is 1.52. The lowest BCUT2D eigenvalue weighted by atomic mass is 10.2. The van der Waals surface area contributed by atoms with Crippen LogP contribution in [-0.4, -0.2) is 34.2 Å². The molecule has 1 aromatic rings. The molecule has 0 aliphatic carbocycles. The van der Waals surface area contributed by atoms with Gasteiger partial charge < -0.3 is 5.11 Å². The maximum absolute atomic E-state index is 8.82. The molecule has 0 unspecified atom stereocenters. The minimum absolute atomic E-state index is 0.260. The molecule has 0 bridgehead atoms. The summed E-state index contributed by atoms with van der Waals surface area (Å²) in [5, 5.41) is 8.82. The summed E-state index contributed by atoms with van der Waals surface area (Å²) in [6.45, 7) is 6.45. The molecule has 0 saturated heterocycles. The van der Waals surface area contributed by atoms with Crippen molar-refractivity contribution in [3.63, 3.8) is 0 Å². The smallest absolute Gasteiger partial charge is 0.0443 e. The number of nitrogens with zero attached hydrogens (tertiary/aromatic N) is 2. The first kappa shape index (κ1) is 12.1. The van der Waals surface area contributed by atoms with Crippen molar-refractivity contribution in [3.8, 4) is 0 Å². The molecule has 3 nitrogen and oxygen atoms in total. The van der Waals surface area contributed by atoms with Crippen LogP contribution < -0.4 is 0 Å². The van der Waals surface area contributed by atoms with Gasteiger partial charge in [0.1, 0.15) is 0 Å². The van der Waals surface area contributed by atoms with E-state index in [2.05, 4.69) is 29.8 Å². The zero-order valence-electron chi connectivity index (χ0n) is 9.56. The monoisotopic (exact) mass is 208 g/mol. The van der Waals surface area contributed by atoms with Gasteiger partial charge in [0.05, 0.1) is 0 Å². The topological polar surface area (TPSA) is 36.4 Å². The molecule has 0 atom stereocenters. The summed E-state index contributed by atoms with van der Waals surface area (Å²) < 4.78 is 0. The number of rotatable bonds is 6. The Morgan fingerprint density at radius 2 is 2.27 bits per heavy atom. The highest BCUT2D eigenvalue weighted by Crippen LogP contribution is 2.07. The van der Waals surface area contributed by atoms with Gasteiger partial charge in [-0.1, -0.05) is 6.07 Å². The molecule has 1 heterocycles. The van der Waals surface area contributed by atoms with Crippen molar-refractivity contribution in [1.29, 1.82) is 0 Å². The Balaban J connectivity index is 2.51. The number of hydrogen-bond acceptors (Lipinski definition) is 3. The van der Waals surface area contributed by atoms with Gasteiger partial charge in [-0.05, 0) is 31.9 Å². The third-order valence-electron chi connectivity index (χ3n) is 2.44. The van der Waals surface area contributed by atoms with E-state index in [9.17, 15) is 0 Å². The number of aromatic nitrogens is 1. The zero-order valence-corrected chi connectivity index (χ0v) is 9.56. The van der Waals surface area contributed by atoms with Crippen LogP contribution in [0.1, 0.15) is 25.8 Å². The van der Waals surface area contributed by atoms with Gasteiger partial charge in [0.25, 0.3) is 0 Å². The van der Waals surface area contributed by atoms with E-state index in [0.717, 1.165) is 19.5 Å². The second kappa shape index (κ2) is 6.53. The lowest BCUT2D eigenvalue weighted by Crippen LogP contribution is -2.31. The van der Waals surface area contributed by atoms with Crippen LogP contribution in [0.4, 0.5) is 0 Å². The van der Waals surface area contributed by atoms with E-state index in [-0.39, 0.29) is 6.61 Å². The highest BCUT2D eigenvalue weighted by atomic mass is 16.3. The normalized spacial score (nSPS) is 11.3. The second-order valence-electron chi connectivity index (χ2n) is 4.00. The molecule has 0 spiro atoms. The van der Waals surface area contributed by atoms with Gasteiger partial charge in [0.15, 0.2) is 0 Å². The summed E-state index contributed by atoms with van der Waals surface area (Å²) in [6.07, 6.45) is 4.52. The van der Waals surface area contributed by atoms with Crippen LogP contribution in [0.2, 0.25) is 0 Å². The third kappa shape index (κ3) is 4.40. The van der Waals surface area contributed by atoms with Crippen LogP contribution in [0.25, 0.3) is 0 Å². The first-order chi connectivity index (χ1) is 7.24. The van der Waals surface area contributed by atoms with Crippen molar-refractivity contribution in [2.45, 2.75) is 32.9 Å². The third-order valence-corrected chi connectivity index (χ3v) is 2.44. The average molecular weight is 208 g/mol. The predicted octanol–water partition coefficient (Wildman–Crippen LogP) is 1.67. The minimum Gasteiger partial charge on any atom is -0.396 e. The Morgan fingerprint density at radius 1 is 1.47 bits per heavy atom.